The predicted molar refractivity (Wildman–Crippen MR) is 66.9 cm³/mol. The van der Waals surface area contributed by atoms with E-state index in [0.717, 1.165) is 12.5 Å². The van der Waals surface area contributed by atoms with Crippen molar-refractivity contribution in [3.05, 3.63) is 0 Å². The van der Waals surface area contributed by atoms with Crippen LogP contribution in [0, 0.1) is 17.8 Å². The topological polar surface area (TPSA) is 55.1 Å². The highest BCUT2D eigenvalue weighted by molar-refractivity contribution is 5.78. The number of carbonyl (C=O) groups excluding carboxylic acids is 1. The van der Waals surface area contributed by atoms with E-state index in [0.29, 0.717) is 5.92 Å². The Morgan fingerprint density at radius 2 is 2.00 bits per heavy atom. The molecule has 3 heteroatoms. The van der Waals surface area contributed by atoms with Crippen molar-refractivity contribution in [2.75, 3.05) is 6.54 Å². The van der Waals surface area contributed by atoms with Crippen LogP contribution in [0.3, 0.4) is 0 Å². The smallest absolute Gasteiger partial charge is 0.224 e. The minimum atomic E-state index is -0.0844. The third-order valence-corrected chi connectivity index (χ3v) is 4.03. The fourth-order valence-electron chi connectivity index (χ4n) is 2.33. The second kappa shape index (κ2) is 6.24. The fourth-order valence-corrected chi connectivity index (χ4v) is 2.33. The maximum absolute atomic E-state index is 11.7. The van der Waals surface area contributed by atoms with E-state index in [1.54, 1.807) is 0 Å². The summed E-state index contributed by atoms with van der Waals surface area (Å²) < 4.78 is 0. The molecule has 1 fully saturated rings. The number of carbonyl (C=O) groups is 1. The molecule has 1 rings (SSSR count). The number of hydrogen-bond donors (Lipinski definition) is 2. The largest absolute Gasteiger partial charge is 0.356 e. The lowest BCUT2D eigenvalue weighted by molar-refractivity contribution is -0.125. The van der Waals surface area contributed by atoms with E-state index in [4.69, 9.17) is 5.73 Å². The van der Waals surface area contributed by atoms with Gasteiger partial charge in [-0.1, -0.05) is 33.1 Å². The molecule has 0 aliphatic heterocycles. The van der Waals surface area contributed by atoms with Gasteiger partial charge in [0.05, 0.1) is 0 Å². The molecule has 0 aromatic rings. The van der Waals surface area contributed by atoms with Gasteiger partial charge in [-0.05, 0) is 25.2 Å². The Hall–Kier alpha value is -0.570. The SMILES string of the molecule is CC(N)C(C)C(=O)NCC1CCCCC1C. The Kier molecular flexibility index (Phi) is 5.26. The zero-order valence-electron chi connectivity index (χ0n) is 10.8. The van der Waals surface area contributed by atoms with Gasteiger partial charge in [0.1, 0.15) is 0 Å². The highest BCUT2D eigenvalue weighted by Crippen LogP contribution is 2.28. The molecule has 1 aliphatic carbocycles. The van der Waals surface area contributed by atoms with Gasteiger partial charge in [0.15, 0.2) is 0 Å². The van der Waals surface area contributed by atoms with Crippen LogP contribution < -0.4 is 11.1 Å². The van der Waals surface area contributed by atoms with Crippen LogP contribution in [-0.2, 0) is 4.79 Å². The van der Waals surface area contributed by atoms with Crippen LogP contribution in [0.2, 0.25) is 0 Å². The lowest BCUT2D eigenvalue weighted by atomic mass is 9.80. The maximum atomic E-state index is 11.7. The van der Waals surface area contributed by atoms with Gasteiger partial charge in [0.2, 0.25) is 5.91 Å². The zero-order chi connectivity index (χ0) is 12.1. The zero-order valence-corrected chi connectivity index (χ0v) is 10.8. The normalized spacial score (nSPS) is 29.5. The van der Waals surface area contributed by atoms with Crippen molar-refractivity contribution >= 4 is 5.91 Å². The lowest BCUT2D eigenvalue weighted by Gasteiger charge is -2.29. The second-order valence-electron chi connectivity index (χ2n) is 5.41. The van der Waals surface area contributed by atoms with Gasteiger partial charge in [-0.2, -0.15) is 0 Å². The second-order valence-corrected chi connectivity index (χ2v) is 5.41. The van der Waals surface area contributed by atoms with Crippen molar-refractivity contribution in [1.82, 2.24) is 5.32 Å². The van der Waals surface area contributed by atoms with Gasteiger partial charge in [-0.25, -0.2) is 0 Å². The summed E-state index contributed by atoms with van der Waals surface area (Å²) in [6.07, 6.45) is 5.23. The summed E-state index contributed by atoms with van der Waals surface area (Å²) in [7, 11) is 0. The summed E-state index contributed by atoms with van der Waals surface area (Å²) in [6, 6.07) is -0.0659. The monoisotopic (exact) mass is 226 g/mol. The van der Waals surface area contributed by atoms with E-state index in [1.807, 2.05) is 13.8 Å². The third kappa shape index (κ3) is 3.78. The molecule has 0 heterocycles. The van der Waals surface area contributed by atoms with Crippen molar-refractivity contribution in [1.29, 1.82) is 0 Å². The van der Waals surface area contributed by atoms with E-state index >= 15 is 0 Å². The molecule has 3 nitrogen and oxygen atoms in total. The van der Waals surface area contributed by atoms with Crippen LogP contribution in [0.4, 0.5) is 0 Å². The van der Waals surface area contributed by atoms with Gasteiger partial charge >= 0.3 is 0 Å². The van der Waals surface area contributed by atoms with E-state index in [9.17, 15) is 4.79 Å². The first kappa shape index (κ1) is 13.5. The highest BCUT2D eigenvalue weighted by Gasteiger charge is 2.23. The summed E-state index contributed by atoms with van der Waals surface area (Å²) in [4.78, 5) is 11.7. The van der Waals surface area contributed by atoms with Crippen LogP contribution >= 0.6 is 0 Å². The quantitative estimate of drug-likeness (QED) is 0.769. The number of rotatable bonds is 4. The minimum absolute atomic E-state index is 0.0659. The lowest BCUT2D eigenvalue weighted by Crippen LogP contribution is -2.41. The van der Waals surface area contributed by atoms with Crippen LogP contribution in [-0.4, -0.2) is 18.5 Å². The van der Waals surface area contributed by atoms with E-state index in [-0.39, 0.29) is 17.9 Å². The van der Waals surface area contributed by atoms with Gasteiger partial charge in [-0.15, -0.1) is 0 Å². The molecule has 16 heavy (non-hydrogen) atoms. The Morgan fingerprint density at radius 3 is 2.56 bits per heavy atom. The molecule has 0 aromatic carbocycles. The summed E-state index contributed by atoms with van der Waals surface area (Å²) in [6.45, 7) is 6.90. The van der Waals surface area contributed by atoms with Crippen molar-refractivity contribution in [3.8, 4) is 0 Å². The Bertz CT molecular complexity index is 228. The molecule has 0 spiro atoms. The Labute approximate surface area is 99.2 Å². The van der Waals surface area contributed by atoms with Crippen LogP contribution in [0.25, 0.3) is 0 Å². The molecular weight excluding hydrogens is 200 g/mol. The first-order valence-corrected chi connectivity index (χ1v) is 6.55. The number of nitrogens with one attached hydrogen (secondary N) is 1. The Balaban J connectivity index is 2.30. The average Bonchev–Trinajstić information content (AvgIpc) is 2.26. The highest BCUT2D eigenvalue weighted by atomic mass is 16.1. The predicted octanol–water partition coefficient (Wildman–Crippen LogP) is 1.91. The van der Waals surface area contributed by atoms with Crippen LogP contribution in [0.1, 0.15) is 46.5 Å². The average molecular weight is 226 g/mol. The maximum Gasteiger partial charge on any atom is 0.224 e. The van der Waals surface area contributed by atoms with E-state index < -0.39 is 0 Å². The molecule has 1 aliphatic rings. The van der Waals surface area contributed by atoms with E-state index in [1.165, 1.54) is 25.7 Å². The van der Waals surface area contributed by atoms with Crippen molar-refractivity contribution in [2.24, 2.45) is 23.5 Å². The summed E-state index contributed by atoms with van der Waals surface area (Å²) in [5, 5.41) is 3.04. The molecule has 3 N–H and O–H groups in total. The number of nitrogens with two attached hydrogens (primary N) is 1. The summed E-state index contributed by atoms with van der Waals surface area (Å²) in [5.41, 5.74) is 5.71. The standard InChI is InChI=1S/C13H26N2O/c1-9-6-4-5-7-12(9)8-15-13(16)10(2)11(3)14/h9-12H,4-8,14H2,1-3H3,(H,15,16). The van der Waals surface area contributed by atoms with Crippen LogP contribution in [0.5, 0.6) is 0 Å². The molecule has 0 aromatic heterocycles. The van der Waals surface area contributed by atoms with Gasteiger partial charge < -0.3 is 11.1 Å². The van der Waals surface area contributed by atoms with Crippen molar-refractivity contribution in [3.63, 3.8) is 0 Å². The molecule has 0 saturated heterocycles. The molecule has 4 atom stereocenters. The minimum Gasteiger partial charge on any atom is -0.356 e. The van der Waals surface area contributed by atoms with Crippen LogP contribution in [0.15, 0.2) is 0 Å². The Morgan fingerprint density at radius 1 is 1.38 bits per heavy atom. The summed E-state index contributed by atoms with van der Waals surface area (Å²) >= 11 is 0. The molecule has 1 saturated carbocycles. The van der Waals surface area contributed by atoms with Gasteiger partial charge in [0, 0.05) is 18.5 Å². The van der Waals surface area contributed by atoms with Gasteiger partial charge in [-0.3, -0.25) is 4.79 Å². The molecule has 94 valence electrons. The van der Waals surface area contributed by atoms with Crippen molar-refractivity contribution < 1.29 is 4.79 Å². The summed E-state index contributed by atoms with van der Waals surface area (Å²) in [5.74, 6) is 1.43. The van der Waals surface area contributed by atoms with Gasteiger partial charge in [0.25, 0.3) is 0 Å². The third-order valence-electron chi connectivity index (χ3n) is 4.03. The first-order chi connectivity index (χ1) is 7.52. The molecule has 0 radical (unpaired) electrons. The molecule has 4 unspecified atom stereocenters. The number of hydrogen-bond acceptors (Lipinski definition) is 2. The molecule has 0 bridgehead atoms. The first-order valence-electron chi connectivity index (χ1n) is 6.55. The van der Waals surface area contributed by atoms with Crippen molar-refractivity contribution in [2.45, 2.75) is 52.5 Å². The molecular formula is C13H26N2O. The fraction of sp³-hybridized carbons (Fsp3) is 0.923. The number of amides is 1. The van der Waals surface area contributed by atoms with E-state index in [2.05, 4.69) is 12.2 Å². The molecule has 1 amide bonds.